The number of halogens is 1. The second-order valence-electron chi connectivity index (χ2n) is 4.44. The molecule has 1 aromatic heterocycles. The molecule has 0 aliphatic carbocycles. The zero-order valence-electron chi connectivity index (χ0n) is 11.6. The molecule has 2 unspecified atom stereocenters. The van der Waals surface area contributed by atoms with Crippen molar-refractivity contribution < 1.29 is 0 Å². The van der Waals surface area contributed by atoms with Crippen molar-refractivity contribution in [2.24, 2.45) is 0 Å². The highest BCUT2D eigenvalue weighted by molar-refractivity contribution is 9.10. The number of hydrogen-bond donors (Lipinski definition) is 1. The minimum atomic E-state index is 0.412. The molecule has 1 N–H and O–H groups in total. The van der Waals surface area contributed by atoms with E-state index in [1.165, 1.54) is 11.5 Å². The van der Waals surface area contributed by atoms with Crippen LogP contribution >= 0.6 is 39.5 Å². The zero-order chi connectivity index (χ0) is 13.8. The topological polar surface area (TPSA) is 37.8 Å². The van der Waals surface area contributed by atoms with Gasteiger partial charge in [-0.15, -0.1) is 11.8 Å². The van der Waals surface area contributed by atoms with Crippen molar-refractivity contribution in [3.8, 4) is 0 Å². The first-order valence-electron chi connectivity index (χ1n) is 6.70. The molecule has 2 rings (SSSR count). The van der Waals surface area contributed by atoms with Gasteiger partial charge in [0.05, 0.1) is 15.4 Å². The van der Waals surface area contributed by atoms with Crippen LogP contribution in [0.25, 0.3) is 0 Å². The van der Waals surface area contributed by atoms with E-state index in [-0.39, 0.29) is 0 Å². The van der Waals surface area contributed by atoms with E-state index in [0.717, 1.165) is 34.8 Å². The summed E-state index contributed by atoms with van der Waals surface area (Å²) in [5, 5.41) is 4.32. The van der Waals surface area contributed by atoms with Gasteiger partial charge in [0.15, 0.2) is 0 Å². The summed E-state index contributed by atoms with van der Waals surface area (Å²) in [5.74, 6) is 4.35. The first-order chi connectivity index (χ1) is 9.17. The molecule has 3 nitrogen and oxygen atoms in total. The molecular weight excluding hydrogens is 342 g/mol. The number of anilines is 1. The third kappa shape index (κ3) is 3.58. The van der Waals surface area contributed by atoms with Crippen LogP contribution in [0.1, 0.15) is 37.5 Å². The monoisotopic (exact) mass is 361 g/mol. The number of nitrogens with zero attached hydrogens (tertiary/aromatic N) is 2. The normalized spacial score (nSPS) is 23.4. The number of hydrogen-bond acceptors (Lipinski definition) is 5. The smallest absolute Gasteiger partial charge is 0.145 e. The molecule has 19 heavy (non-hydrogen) atoms. The summed E-state index contributed by atoms with van der Waals surface area (Å²) < 4.78 is 1.02. The molecule has 6 heteroatoms. The van der Waals surface area contributed by atoms with Crippen molar-refractivity contribution >= 4 is 45.3 Å². The molecule has 106 valence electrons. The molecular formula is C13H20BrN3S2. The van der Waals surface area contributed by atoms with Crippen LogP contribution < -0.4 is 5.32 Å². The predicted octanol–water partition coefficient (Wildman–Crippen LogP) is 4.14. The molecule has 1 fully saturated rings. The van der Waals surface area contributed by atoms with Crippen molar-refractivity contribution in [3.63, 3.8) is 0 Å². The summed E-state index contributed by atoms with van der Waals surface area (Å²) >= 11 is 7.63. The molecule has 0 saturated carbocycles. The van der Waals surface area contributed by atoms with E-state index < -0.39 is 0 Å². The number of rotatable bonds is 4. The lowest BCUT2D eigenvalue weighted by Crippen LogP contribution is -2.19. The molecule has 1 aromatic rings. The van der Waals surface area contributed by atoms with Gasteiger partial charge in [-0.05, 0) is 29.3 Å². The molecule has 2 atom stereocenters. The van der Waals surface area contributed by atoms with Crippen LogP contribution in [0.5, 0.6) is 0 Å². The third-order valence-electron chi connectivity index (χ3n) is 3.06. The first kappa shape index (κ1) is 15.4. The van der Waals surface area contributed by atoms with Gasteiger partial charge in [0.2, 0.25) is 0 Å². The van der Waals surface area contributed by atoms with Crippen molar-refractivity contribution in [3.05, 3.63) is 16.0 Å². The molecule has 0 bridgehead atoms. The maximum absolute atomic E-state index is 4.78. The van der Waals surface area contributed by atoms with E-state index in [9.17, 15) is 0 Å². The Kier molecular flexibility index (Phi) is 5.84. The largest absolute Gasteiger partial charge is 0.369 e. The molecule has 2 heterocycles. The summed E-state index contributed by atoms with van der Waals surface area (Å²) in [6.07, 6.45) is 0.924. The SMILES string of the molecule is CCNc1nc(C2SCCSC2C)nc(CC)c1Br. The van der Waals surface area contributed by atoms with Crippen LogP contribution in [-0.4, -0.2) is 33.3 Å². The second-order valence-corrected chi connectivity index (χ2v) is 7.97. The molecule has 1 aliphatic heterocycles. The lowest BCUT2D eigenvalue weighted by atomic mass is 10.2. The minimum absolute atomic E-state index is 0.412. The van der Waals surface area contributed by atoms with E-state index in [1.807, 2.05) is 23.5 Å². The standard InChI is InChI=1S/C13H20BrN3S2/c1-4-9-10(14)12(15-5-2)17-13(16-9)11-8(3)18-6-7-19-11/h8,11H,4-7H2,1-3H3,(H,15,16,17). The van der Waals surface area contributed by atoms with Crippen molar-refractivity contribution in [1.29, 1.82) is 0 Å². The Hall–Kier alpha value is 0.0600. The maximum atomic E-state index is 4.78. The summed E-state index contributed by atoms with van der Waals surface area (Å²) in [6.45, 7) is 7.39. The van der Waals surface area contributed by atoms with Gasteiger partial charge in [-0.3, -0.25) is 0 Å². The quantitative estimate of drug-likeness (QED) is 0.871. The average Bonchev–Trinajstić information content (AvgIpc) is 2.42. The van der Waals surface area contributed by atoms with Crippen LogP contribution in [-0.2, 0) is 6.42 Å². The van der Waals surface area contributed by atoms with Crippen LogP contribution in [0.2, 0.25) is 0 Å². The van der Waals surface area contributed by atoms with Gasteiger partial charge in [-0.25, -0.2) is 9.97 Å². The summed E-state index contributed by atoms with van der Waals surface area (Å²) in [5.41, 5.74) is 1.10. The summed E-state index contributed by atoms with van der Waals surface area (Å²) in [7, 11) is 0. The zero-order valence-corrected chi connectivity index (χ0v) is 14.8. The van der Waals surface area contributed by atoms with E-state index in [0.29, 0.717) is 10.5 Å². The fourth-order valence-electron chi connectivity index (χ4n) is 2.08. The van der Waals surface area contributed by atoms with Crippen molar-refractivity contribution in [1.82, 2.24) is 9.97 Å². The number of aromatic nitrogens is 2. The fourth-order valence-corrected chi connectivity index (χ4v) is 5.36. The van der Waals surface area contributed by atoms with E-state index in [4.69, 9.17) is 9.97 Å². The molecule has 0 amide bonds. The summed E-state index contributed by atoms with van der Waals surface area (Å²) in [6, 6.07) is 0. The lowest BCUT2D eigenvalue weighted by Gasteiger charge is -2.27. The van der Waals surface area contributed by atoms with Gasteiger partial charge in [0, 0.05) is 23.3 Å². The van der Waals surface area contributed by atoms with Gasteiger partial charge in [0.1, 0.15) is 11.6 Å². The van der Waals surface area contributed by atoms with Gasteiger partial charge in [-0.1, -0.05) is 13.8 Å². The van der Waals surface area contributed by atoms with Gasteiger partial charge in [-0.2, -0.15) is 11.8 Å². The molecule has 0 aromatic carbocycles. The Morgan fingerprint density at radius 1 is 1.26 bits per heavy atom. The second kappa shape index (κ2) is 7.18. The van der Waals surface area contributed by atoms with Crippen LogP contribution in [0.15, 0.2) is 4.47 Å². The van der Waals surface area contributed by atoms with Gasteiger partial charge >= 0.3 is 0 Å². The highest BCUT2D eigenvalue weighted by Gasteiger charge is 2.27. The highest BCUT2D eigenvalue weighted by atomic mass is 79.9. The highest BCUT2D eigenvalue weighted by Crippen LogP contribution is 2.42. The van der Waals surface area contributed by atoms with E-state index in [1.54, 1.807) is 0 Å². The van der Waals surface area contributed by atoms with Crippen LogP contribution in [0, 0.1) is 0 Å². The van der Waals surface area contributed by atoms with Crippen LogP contribution in [0.3, 0.4) is 0 Å². The minimum Gasteiger partial charge on any atom is -0.369 e. The molecule has 0 radical (unpaired) electrons. The van der Waals surface area contributed by atoms with Gasteiger partial charge < -0.3 is 5.32 Å². The number of thioether (sulfide) groups is 2. The maximum Gasteiger partial charge on any atom is 0.145 e. The first-order valence-corrected chi connectivity index (χ1v) is 9.59. The Morgan fingerprint density at radius 3 is 2.63 bits per heavy atom. The van der Waals surface area contributed by atoms with Crippen molar-refractivity contribution in [2.45, 2.75) is 37.7 Å². The predicted molar refractivity (Wildman–Crippen MR) is 90.4 cm³/mol. The van der Waals surface area contributed by atoms with Crippen molar-refractivity contribution in [2.75, 3.05) is 23.4 Å². The average molecular weight is 362 g/mol. The molecule has 1 aliphatic rings. The Bertz CT molecular complexity index is 442. The van der Waals surface area contributed by atoms with E-state index >= 15 is 0 Å². The Morgan fingerprint density at radius 2 is 2.00 bits per heavy atom. The van der Waals surface area contributed by atoms with E-state index in [2.05, 4.69) is 42.0 Å². The Labute approximate surface area is 132 Å². The fraction of sp³-hybridized carbons (Fsp3) is 0.692. The third-order valence-corrected chi connectivity index (χ3v) is 6.98. The summed E-state index contributed by atoms with van der Waals surface area (Å²) in [4.78, 5) is 9.52. The number of aryl methyl sites for hydroxylation is 1. The van der Waals surface area contributed by atoms with Gasteiger partial charge in [0.25, 0.3) is 0 Å². The molecule has 1 saturated heterocycles. The lowest BCUT2D eigenvalue weighted by molar-refractivity contribution is 0.801. The molecule has 0 spiro atoms. The van der Waals surface area contributed by atoms with Crippen LogP contribution in [0.4, 0.5) is 5.82 Å². The Balaban J connectivity index is 2.36. The number of nitrogens with one attached hydrogen (secondary N) is 1.